The van der Waals surface area contributed by atoms with Crippen LogP contribution in [0.15, 0.2) is 0 Å². The smallest absolute Gasteiger partial charge is 0.163 e. The van der Waals surface area contributed by atoms with Crippen LogP contribution in [-0.4, -0.2) is 20.4 Å². The number of nitrogen functional groups attached to an aromatic ring is 1. The number of hydrogen-bond acceptors (Lipinski definition) is 4. The summed E-state index contributed by atoms with van der Waals surface area (Å²) in [6, 6.07) is 0. The van der Waals surface area contributed by atoms with Gasteiger partial charge in [-0.2, -0.15) is 9.78 Å². The molecule has 0 radical (unpaired) electrons. The minimum absolute atomic E-state index is 0.680. The molecule has 0 amide bonds. The summed E-state index contributed by atoms with van der Waals surface area (Å²) in [5, 5.41) is 4.28. The summed E-state index contributed by atoms with van der Waals surface area (Å²) >= 11 is 6.59. The van der Waals surface area contributed by atoms with Crippen molar-refractivity contribution in [3.63, 3.8) is 0 Å². The first-order valence-electron chi connectivity index (χ1n) is 4.04. The van der Waals surface area contributed by atoms with Gasteiger partial charge >= 0.3 is 0 Å². The van der Waals surface area contributed by atoms with Crippen LogP contribution in [0, 0.1) is 6.92 Å². The molecule has 1 heterocycles. The van der Waals surface area contributed by atoms with Crippen molar-refractivity contribution in [3.8, 4) is 0 Å². The van der Waals surface area contributed by atoms with Crippen molar-refractivity contribution in [2.45, 2.75) is 20.3 Å². The first kappa shape index (κ1) is 10.5. The van der Waals surface area contributed by atoms with Gasteiger partial charge in [0.15, 0.2) is 4.32 Å². The molecule has 0 spiro atoms. The lowest BCUT2D eigenvalue weighted by Crippen LogP contribution is -2.10. The average Bonchev–Trinajstić information content (AvgIpc) is 2.40. The normalized spacial score (nSPS) is 10.4. The second kappa shape index (κ2) is 4.11. The largest absolute Gasteiger partial charge is 0.383 e. The van der Waals surface area contributed by atoms with E-state index in [0.717, 1.165) is 17.7 Å². The predicted octanol–water partition coefficient (Wildman–Crippen LogP) is 1.83. The van der Waals surface area contributed by atoms with E-state index in [1.807, 2.05) is 13.2 Å². The molecular formula is C8H13N3S2. The third kappa shape index (κ3) is 1.86. The van der Waals surface area contributed by atoms with Gasteiger partial charge in [-0.15, -0.1) is 0 Å². The molecule has 0 aliphatic rings. The molecule has 0 fully saturated rings. The van der Waals surface area contributed by atoms with Gasteiger partial charge in [0.1, 0.15) is 5.82 Å². The van der Waals surface area contributed by atoms with Crippen LogP contribution in [0.3, 0.4) is 0 Å². The van der Waals surface area contributed by atoms with Crippen molar-refractivity contribution in [2.24, 2.45) is 0 Å². The number of anilines is 1. The molecule has 1 aromatic heterocycles. The van der Waals surface area contributed by atoms with Crippen molar-refractivity contribution in [2.75, 3.05) is 12.0 Å². The first-order valence-corrected chi connectivity index (χ1v) is 5.67. The molecule has 0 aliphatic heterocycles. The molecule has 1 aromatic rings. The summed E-state index contributed by atoms with van der Waals surface area (Å²) in [4.78, 5) is 0. The van der Waals surface area contributed by atoms with Crippen LogP contribution in [0.1, 0.15) is 18.2 Å². The number of rotatable bonds is 1. The average molecular weight is 215 g/mol. The summed E-state index contributed by atoms with van der Waals surface area (Å²) in [5.41, 5.74) is 7.95. The maximum absolute atomic E-state index is 5.89. The Bertz CT molecular complexity index is 330. The van der Waals surface area contributed by atoms with Gasteiger partial charge in [0, 0.05) is 5.56 Å². The zero-order valence-corrected chi connectivity index (χ0v) is 9.63. The van der Waals surface area contributed by atoms with Crippen LogP contribution in [0.4, 0.5) is 5.82 Å². The van der Waals surface area contributed by atoms with Gasteiger partial charge in [-0.25, -0.2) is 0 Å². The number of aryl methyl sites for hydroxylation is 1. The fraction of sp³-hybridized carbons (Fsp3) is 0.500. The monoisotopic (exact) mass is 215 g/mol. The van der Waals surface area contributed by atoms with Crippen molar-refractivity contribution >= 4 is 34.1 Å². The van der Waals surface area contributed by atoms with Crippen LogP contribution in [0.25, 0.3) is 0 Å². The molecule has 13 heavy (non-hydrogen) atoms. The lowest BCUT2D eigenvalue weighted by Gasteiger charge is -2.02. The number of thiocarbonyl (C=S) groups is 1. The van der Waals surface area contributed by atoms with Gasteiger partial charge in [-0.3, -0.25) is 0 Å². The summed E-state index contributed by atoms with van der Waals surface area (Å²) in [6.45, 7) is 4.02. The van der Waals surface area contributed by atoms with Gasteiger partial charge in [-0.1, -0.05) is 30.9 Å². The molecule has 0 atom stereocenters. The van der Waals surface area contributed by atoms with Crippen LogP contribution in [-0.2, 0) is 6.42 Å². The molecule has 0 saturated carbocycles. The third-order valence-corrected chi connectivity index (χ3v) is 3.12. The van der Waals surface area contributed by atoms with Crippen LogP contribution in [0.5, 0.6) is 0 Å². The highest BCUT2D eigenvalue weighted by molar-refractivity contribution is 8.22. The SMILES string of the molecule is CCc1c(C)nn(C(=S)SC)c1N. The van der Waals surface area contributed by atoms with Gasteiger partial charge in [-0.05, 0) is 19.6 Å². The molecule has 3 nitrogen and oxygen atoms in total. The summed E-state index contributed by atoms with van der Waals surface area (Å²) in [7, 11) is 0. The molecule has 2 N–H and O–H groups in total. The van der Waals surface area contributed by atoms with E-state index in [2.05, 4.69) is 12.0 Å². The number of nitrogens with two attached hydrogens (primary N) is 1. The number of thioether (sulfide) groups is 1. The zero-order valence-electron chi connectivity index (χ0n) is 8.00. The number of hydrogen-bond donors (Lipinski definition) is 1. The number of aromatic nitrogens is 2. The molecule has 0 aliphatic carbocycles. The Morgan fingerprint density at radius 1 is 1.69 bits per heavy atom. The van der Waals surface area contributed by atoms with Crippen LogP contribution in [0.2, 0.25) is 0 Å². The molecule has 0 unspecified atom stereocenters. The minimum Gasteiger partial charge on any atom is -0.383 e. The quantitative estimate of drug-likeness (QED) is 0.726. The van der Waals surface area contributed by atoms with E-state index in [-0.39, 0.29) is 0 Å². The highest BCUT2D eigenvalue weighted by atomic mass is 32.2. The lowest BCUT2D eigenvalue weighted by atomic mass is 10.2. The van der Waals surface area contributed by atoms with E-state index in [1.54, 1.807) is 4.68 Å². The molecule has 5 heteroatoms. The van der Waals surface area contributed by atoms with E-state index < -0.39 is 0 Å². The topological polar surface area (TPSA) is 43.8 Å². The highest BCUT2D eigenvalue weighted by Gasteiger charge is 2.12. The minimum atomic E-state index is 0.680. The van der Waals surface area contributed by atoms with E-state index >= 15 is 0 Å². The van der Waals surface area contributed by atoms with E-state index in [4.69, 9.17) is 18.0 Å². The lowest BCUT2D eigenvalue weighted by molar-refractivity contribution is 0.945. The van der Waals surface area contributed by atoms with Gasteiger partial charge in [0.25, 0.3) is 0 Å². The molecular weight excluding hydrogens is 202 g/mol. The summed E-state index contributed by atoms with van der Waals surface area (Å²) in [6.07, 6.45) is 2.82. The fourth-order valence-corrected chi connectivity index (χ4v) is 1.69. The molecule has 0 bridgehead atoms. The zero-order chi connectivity index (χ0) is 10.0. The maximum Gasteiger partial charge on any atom is 0.163 e. The molecule has 0 aromatic carbocycles. The Hall–Kier alpha value is -0.550. The van der Waals surface area contributed by atoms with Crippen molar-refractivity contribution in [3.05, 3.63) is 11.3 Å². The second-order valence-electron chi connectivity index (χ2n) is 2.68. The van der Waals surface area contributed by atoms with Crippen molar-refractivity contribution < 1.29 is 0 Å². The van der Waals surface area contributed by atoms with Crippen molar-refractivity contribution in [1.29, 1.82) is 0 Å². The van der Waals surface area contributed by atoms with Crippen LogP contribution < -0.4 is 5.73 Å². The van der Waals surface area contributed by atoms with Crippen molar-refractivity contribution in [1.82, 2.24) is 9.78 Å². The van der Waals surface area contributed by atoms with Gasteiger partial charge in [0.2, 0.25) is 0 Å². The summed E-state index contributed by atoms with van der Waals surface area (Å²) in [5.74, 6) is 0.680. The maximum atomic E-state index is 5.89. The number of nitrogens with zero attached hydrogens (tertiary/aromatic N) is 2. The fourth-order valence-electron chi connectivity index (χ4n) is 1.24. The van der Waals surface area contributed by atoms with Crippen LogP contribution >= 0.6 is 24.0 Å². The van der Waals surface area contributed by atoms with E-state index in [9.17, 15) is 0 Å². The van der Waals surface area contributed by atoms with E-state index in [0.29, 0.717) is 10.1 Å². The summed E-state index contributed by atoms with van der Waals surface area (Å²) < 4.78 is 2.33. The van der Waals surface area contributed by atoms with E-state index in [1.165, 1.54) is 11.8 Å². The molecule has 72 valence electrons. The van der Waals surface area contributed by atoms with Gasteiger partial charge < -0.3 is 5.73 Å². The Morgan fingerprint density at radius 3 is 2.69 bits per heavy atom. The molecule has 1 rings (SSSR count). The first-order chi connectivity index (χ1) is 6.11. The Kier molecular flexibility index (Phi) is 3.33. The Labute approximate surface area is 87.7 Å². The van der Waals surface area contributed by atoms with Gasteiger partial charge in [0.05, 0.1) is 5.69 Å². The Morgan fingerprint density at radius 2 is 2.31 bits per heavy atom. The standard InChI is InChI=1S/C8H13N3S2/c1-4-6-5(2)10-11(7(6)9)8(12)13-3/h4,9H2,1-3H3. The molecule has 0 saturated heterocycles. The predicted molar refractivity (Wildman–Crippen MR) is 62.3 cm³/mol. The third-order valence-electron chi connectivity index (χ3n) is 1.93. The highest BCUT2D eigenvalue weighted by Crippen LogP contribution is 2.18. The Balaban J connectivity index is 3.18. The second-order valence-corrected chi connectivity index (χ2v) is 4.12.